The first-order valence-electron chi connectivity index (χ1n) is 40.7. The fourth-order valence-electron chi connectivity index (χ4n) is 10.4. The Morgan fingerprint density at radius 2 is 0.491 bits per heavy atom. The molecular weight excluding hydrogens is 1380 g/mol. The number of rotatable bonds is 75. The van der Waals surface area contributed by atoms with Crippen LogP contribution in [0, 0.1) is 0 Å². The van der Waals surface area contributed by atoms with E-state index in [4.69, 9.17) is 37.0 Å². The van der Waals surface area contributed by atoms with Crippen LogP contribution in [0.25, 0.3) is 0 Å². The van der Waals surface area contributed by atoms with Gasteiger partial charge in [0.25, 0.3) is 0 Å². The lowest BCUT2D eigenvalue weighted by molar-refractivity contribution is -0.161. The van der Waals surface area contributed by atoms with Gasteiger partial charge in [0.2, 0.25) is 0 Å². The third-order valence-electron chi connectivity index (χ3n) is 16.5. The van der Waals surface area contributed by atoms with Gasteiger partial charge in [0, 0.05) is 25.7 Å². The van der Waals surface area contributed by atoms with Crippen molar-refractivity contribution < 1.29 is 80.2 Å². The molecule has 0 aromatic rings. The minimum atomic E-state index is -5.00. The lowest BCUT2D eigenvalue weighted by atomic mass is 10.0. The minimum Gasteiger partial charge on any atom is -0.462 e. The zero-order valence-electron chi connectivity index (χ0n) is 66.1. The Labute approximate surface area is 642 Å². The van der Waals surface area contributed by atoms with Crippen LogP contribution < -0.4 is 0 Å². The molecule has 3 N–H and O–H groups in total. The van der Waals surface area contributed by atoms with Crippen molar-refractivity contribution in [2.24, 2.45) is 0 Å². The Kier molecular flexibility index (Phi) is 73.9. The third kappa shape index (κ3) is 76.9. The van der Waals surface area contributed by atoms with Crippen molar-refractivity contribution in [3.8, 4) is 0 Å². The normalized spacial score (nSPS) is 14.7. The van der Waals surface area contributed by atoms with Crippen LogP contribution in [0.3, 0.4) is 0 Å². The number of unbranched alkanes of at least 4 members (excludes halogenated alkanes) is 23. The first-order valence-corrected chi connectivity index (χ1v) is 43.7. The highest BCUT2D eigenvalue weighted by Crippen LogP contribution is 2.45. The molecule has 0 aliphatic carbocycles. The van der Waals surface area contributed by atoms with E-state index in [1.165, 1.54) is 51.4 Å². The summed E-state index contributed by atoms with van der Waals surface area (Å²) in [5.41, 5.74) is 0. The minimum absolute atomic E-state index is 0.0651. The van der Waals surface area contributed by atoms with Crippen LogP contribution in [0.2, 0.25) is 0 Å². The van der Waals surface area contributed by atoms with Gasteiger partial charge in [-0.1, -0.05) is 295 Å². The number of hydrogen-bond acceptors (Lipinski definition) is 15. The van der Waals surface area contributed by atoms with Gasteiger partial charge < -0.3 is 33.8 Å². The molecule has 0 saturated heterocycles. The van der Waals surface area contributed by atoms with Gasteiger partial charge in [-0.25, -0.2) is 9.13 Å². The molecule has 0 spiro atoms. The average Bonchev–Trinajstić information content (AvgIpc) is 0.903. The standard InChI is InChI=1S/C87H144O17P2/c1-5-9-13-17-21-25-29-33-36-38-40-42-45-49-52-56-60-64-68-72-85(90)98-78-83(104-87(92)74-70-66-62-58-54-50-46-43-41-39-37-34-30-26-22-18-14-10-6-2)80-102-106(95,96)100-76-81(88)75-99-105(93,94)101-79-82(103-86(91)73-69-65-61-57-53-47-32-28-24-20-16-12-8-4)77-97-84(89)71-67-63-59-55-51-48-44-35-31-27-23-19-15-11-7-3/h9-11,13-15,21-23,25-27,33-37,40-44,49,51-52,55,81-83,88H,5-8,12,16-20,24,28-32,38-39,45-48,50,53-54,56-80H2,1-4H3,(H,93,94)(H,95,96)/b13-9-,14-10-,15-11-,25-21-,26-22-,27-23-,36-33-,37-34-,42-40-,43-41-,44-35-,52-49-,55-51-. The molecular formula is C87H144O17P2. The number of carbonyl (C=O) groups is 4. The van der Waals surface area contributed by atoms with Gasteiger partial charge in [0.1, 0.15) is 19.3 Å². The van der Waals surface area contributed by atoms with E-state index in [0.717, 1.165) is 180 Å². The van der Waals surface area contributed by atoms with Crippen LogP contribution in [-0.4, -0.2) is 96.7 Å². The number of carbonyl (C=O) groups excluding carboxylic acids is 4. The van der Waals surface area contributed by atoms with Crippen molar-refractivity contribution in [2.75, 3.05) is 39.6 Å². The van der Waals surface area contributed by atoms with E-state index < -0.39 is 97.5 Å². The summed E-state index contributed by atoms with van der Waals surface area (Å²) in [5.74, 6) is -2.28. The van der Waals surface area contributed by atoms with Crippen molar-refractivity contribution in [3.63, 3.8) is 0 Å². The van der Waals surface area contributed by atoms with Crippen LogP contribution in [0.15, 0.2) is 158 Å². The van der Waals surface area contributed by atoms with E-state index in [1.807, 2.05) is 0 Å². The van der Waals surface area contributed by atoms with E-state index >= 15 is 0 Å². The second-order valence-corrected chi connectivity index (χ2v) is 29.5. The molecule has 0 radical (unpaired) electrons. The smallest absolute Gasteiger partial charge is 0.462 e. The topological polar surface area (TPSA) is 237 Å². The second kappa shape index (κ2) is 77.8. The maximum absolute atomic E-state index is 13.1. The maximum Gasteiger partial charge on any atom is 0.472 e. The molecule has 0 amide bonds. The van der Waals surface area contributed by atoms with E-state index in [-0.39, 0.29) is 25.7 Å². The molecule has 0 fully saturated rings. The molecule has 0 aliphatic heterocycles. The fraction of sp³-hybridized carbons (Fsp3) is 0.655. The van der Waals surface area contributed by atoms with Gasteiger partial charge in [-0.15, -0.1) is 0 Å². The van der Waals surface area contributed by atoms with E-state index in [2.05, 4.69) is 186 Å². The Morgan fingerprint density at radius 1 is 0.274 bits per heavy atom. The van der Waals surface area contributed by atoms with Crippen LogP contribution in [0.4, 0.5) is 0 Å². The lowest BCUT2D eigenvalue weighted by Gasteiger charge is -2.21. The summed E-state index contributed by atoms with van der Waals surface area (Å²) in [6.45, 7) is 4.44. The third-order valence-corrected chi connectivity index (χ3v) is 18.4. The molecule has 0 heterocycles. The number of phosphoric acid groups is 2. The van der Waals surface area contributed by atoms with Crippen molar-refractivity contribution in [1.82, 2.24) is 0 Å². The summed E-state index contributed by atoms with van der Waals surface area (Å²) in [7, 11) is -9.99. The van der Waals surface area contributed by atoms with Crippen LogP contribution in [0.1, 0.15) is 310 Å². The number of esters is 4. The zero-order valence-corrected chi connectivity index (χ0v) is 67.8. The molecule has 0 aromatic heterocycles. The molecule has 0 rings (SSSR count). The molecule has 19 heteroatoms. The van der Waals surface area contributed by atoms with Gasteiger partial charge in [-0.05, 0) is 148 Å². The molecule has 17 nitrogen and oxygen atoms in total. The van der Waals surface area contributed by atoms with Crippen molar-refractivity contribution in [1.29, 1.82) is 0 Å². The fourth-order valence-corrected chi connectivity index (χ4v) is 12.0. The molecule has 106 heavy (non-hydrogen) atoms. The number of phosphoric ester groups is 2. The molecule has 0 bridgehead atoms. The summed E-state index contributed by atoms with van der Waals surface area (Å²) in [6.07, 6.45) is 90.8. The van der Waals surface area contributed by atoms with E-state index in [0.29, 0.717) is 25.7 Å². The number of aliphatic hydroxyl groups is 1. The van der Waals surface area contributed by atoms with Crippen molar-refractivity contribution >= 4 is 39.5 Å². The quantitative estimate of drug-likeness (QED) is 0.0169. The number of aliphatic hydroxyl groups excluding tert-OH is 1. The van der Waals surface area contributed by atoms with Crippen LogP contribution in [0.5, 0.6) is 0 Å². The lowest BCUT2D eigenvalue weighted by Crippen LogP contribution is -2.30. The summed E-state index contributed by atoms with van der Waals surface area (Å²) in [4.78, 5) is 73.1. The first kappa shape index (κ1) is 101. The monoisotopic (exact) mass is 1520 g/mol. The molecule has 0 saturated carbocycles. The SMILES string of the molecule is CC/C=C\C/C=C\C/C=C\C/C=C\C/C=C\CCCCCC(=O)OCC(COP(=O)(O)OCC(O)COP(=O)(O)OCC(COC(=O)CCCC/C=C\C/C=C\C/C=C\C/C=C\CC)OC(=O)CCCCCCCCCCCCCCC)OC(=O)CCCCCCCC/C=C\C/C=C\C/C=C\C/C=C\CC. The Morgan fingerprint density at radius 3 is 0.783 bits per heavy atom. The predicted octanol–water partition coefficient (Wildman–Crippen LogP) is 24.0. The van der Waals surface area contributed by atoms with E-state index in [9.17, 15) is 43.2 Å². The zero-order chi connectivity index (χ0) is 77.4. The summed E-state index contributed by atoms with van der Waals surface area (Å²) < 4.78 is 68.6. The molecule has 604 valence electrons. The Hall–Kier alpha value is -5.32. The molecule has 5 atom stereocenters. The summed E-state index contributed by atoms with van der Waals surface area (Å²) in [6, 6.07) is 0. The highest BCUT2D eigenvalue weighted by atomic mass is 31.2. The second-order valence-electron chi connectivity index (χ2n) is 26.6. The number of ether oxygens (including phenoxy) is 4. The van der Waals surface area contributed by atoms with Gasteiger partial charge >= 0.3 is 39.5 Å². The Balaban J connectivity index is 5.45. The highest BCUT2D eigenvalue weighted by molar-refractivity contribution is 7.47. The summed E-state index contributed by atoms with van der Waals surface area (Å²) in [5, 5.41) is 10.7. The van der Waals surface area contributed by atoms with Crippen LogP contribution >= 0.6 is 15.6 Å². The Bertz CT molecular complexity index is 2630. The van der Waals surface area contributed by atoms with Gasteiger partial charge in [-0.3, -0.25) is 37.3 Å². The largest absolute Gasteiger partial charge is 0.472 e. The van der Waals surface area contributed by atoms with Crippen molar-refractivity contribution in [3.05, 3.63) is 158 Å². The molecule has 5 unspecified atom stereocenters. The first-order chi connectivity index (χ1) is 51.7. The van der Waals surface area contributed by atoms with Crippen LogP contribution in [-0.2, 0) is 65.4 Å². The average molecular weight is 1520 g/mol. The van der Waals surface area contributed by atoms with Crippen molar-refractivity contribution in [2.45, 2.75) is 329 Å². The van der Waals surface area contributed by atoms with Gasteiger partial charge in [0.05, 0.1) is 26.4 Å². The number of allylic oxidation sites excluding steroid dienone is 26. The predicted molar refractivity (Wildman–Crippen MR) is 436 cm³/mol. The van der Waals surface area contributed by atoms with Gasteiger partial charge in [0.15, 0.2) is 12.2 Å². The molecule has 0 aliphatic rings. The van der Waals surface area contributed by atoms with E-state index in [1.54, 1.807) is 0 Å². The highest BCUT2D eigenvalue weighted by Gasteiger charge is 2.30. The summed E-state index contributed by atoms with van der Waals surface area (Å²) >= 11 is 0. The number of hydrogen-bond donors (Lipinski definition) is 3. The maximum atomic E-state index is 13.1. The molecule has 0 aromatic carbocycles. The van der Waals surface area contributed by atoms with Gasteiger partial charge in [-0.2, -0.15) is 0 Å².